The number of piperidine rings is 1. The van der Waals surface area contributed by atoms with Crippen LogP contribution in [0.25, 0.3) is 0 Å². The quantitative estimate of drug-likeness (QED) is 0.777. The number of nitrogens with zero attached hydrogens (tertiary/aromatic N) is 3. The Bertz CT molecular complexity index is 883. The molecule has 2 fully saturated rings. The highest BCUT2D eigenvalue weighted by Gasteiger charge is 2.28. The van der Waals surface area contributed by atoms with Crippen LogP contribution >= 0.6 is 0 Å². The summed E-state index contributed by atoms with van der Waals surface area (Å²) in [5.74, 6) is 1.01. The van der Waals surface area contributed by atoms with Gasteiger partial charge in [0.05, 0.1) is 11.6 Å². The van der Waals surface area contributed by atoms with Gasteiger partial charge in [-0.25, -0.2) is 0 Å². The lowest BCUT2D eigenvalue weighted by molar-refractivity contribution is -0.119. The van der Waals surface area contributed by atoms with Crippen molar-refractivity contribution in [2.24, 2.45) is 0 Å². The number of likely N-dealkylation sites (tertiary alicyclic amines) is 1. The molecule has 5 nitrogen and oxygen atoms in total. The van der Waals surface area contributed by atoms with Gasteiger partial charge in [-0.1, -0.05) is 24.3 Å². The van der Waals surface area contributed by atoms with Crippen molar-refractivity contribution in [3.63, 3.8) is 0 Å². The second kappa shape index (κ2) is 8.45. The molecule has 2 heterocycles. The number of carbonyl (C=O) groups excluding carboxylic acids is 1. The zero-order valence-corrected chi connectivity index (χ0v) is 16.0. The predicted octanol–water partition coefficient (Wildman–Crippen LogP) is 3.38. The Kier molecular flexibility index (Phi) is 5.59. The molecule has 4 rings (SSSR count). The molecule has 1 amide bonds. The highest BCUT2D eigenvalue weighted by atomic mass is 16.5. The molecule has 28 heavy (non-hydrogen) atoms. The molecular weight excluding hydrogens is 350 g/mol. The average Bonchev–Trinajstić information content (AvgIpc) is 2.70. The molecule has 0 unspecified atom stereocenters. The molecule has 0 aromatic heterocycles. The maximum absolute atomic E-state index is 12.3. The average molecular weight is 375 g/mol. The molecule has 0 aliphatic carbocycles. The summed E-state index contributed by atoms with van der Waals surface area (Å²) < 4.78 is 5.96. The molecule has 0 bridgehead atoms. The second-order valence-corrected chi connectivity index (χ2v) is 7.52. The van der Waals surface area contributed by atoms with Crippen molar-refractivity contribution in [1.29, 1.82) is 5.26 Å². The number of benzene rings is 2. The maximum Gasteiger partial charge on any atom is 0.226 e. The van der Waals surface area contributed by atoms with E-state index in [9.17, 15) is 4.79 Å². The topological polar surface area (TPSA) is 56.6 Å². The van der Waals surface area contributed by atoms with Crippen LogP contribution in [0, 0.1) is 11.3 Å². The van der Waals surface area contributed by atoms with Crippen LogP contribution in [-0.4, -0.2) is 43.1 Å². The van der Waals surface area contributed by atoms with Crippen molar-refractivity contribution < 1.29 is 9.53 Å². The highest BCUT2D eigenvalue weighted by Crippen LogP contribution is 2.26. The van der Waals surface area contributed by atoms with Gasteiger partial charge in [0.1, 0.15) is 11.9 Å². The molecule has 0 radical (unpaired) electrons. The maximum atomic E-state index is 12.3. The predicted molar refractivity (Wildman–Crippen MR) is 108 cm³/mol. The van der Waals surface area contributed by atoms with Crippen LogP contribution in [0.5, 0.6) is 5.75 Å². The van der Waals surface area contributed by atoms with Crippen molar-refractivity contribution in [1.82, 2.24) is 4.90 Å². The number of amides is 1. The molecule has 0 atom stereocenters. The zero-order valence-electron chi connectivity index (χ0n) is 16.0. The standard InChI is InChI=1S/C23H25N3O2/c24-15-18-6-5-8-20(14-18)28-21-16-25(17-21)13-11-19-7-1-2-9-22(19)26-12-4-3-10-23(26)27/h1-2,5-9,14,21H,3-4,10-13,16-17H2. The summed E-state index contributed by atoms with van der Waals surface area (Å²) in [5.41, 5.74) is 2.94. The van der Waals surface area contributed by atoms with Gasteiger partial charge in [0, 0.05) is 38.3 Å². The lowest BCUT2D eigenvalue weighted by Crippen LogP contribution is -2.54. The summed E-state index contributed by atoms with van der Waals surface area (Å²) in [6.45, 7) is 3.57. The van der Waals surface area contributed by atoms with Crippen LogP contribution in [0.2, 0.25) is 0 Å². The van der Waals surface area contributed by atoms with Gasteiger partial charge < -0.3 is 9.64 Å². The number of hydrogen-bond acceptors (Lipinski definition) is 4. The van der Waals surface area contributed by atoms with Gasteiger partial charge in [0.2, 0.25) is 5.91 Å². The van der Waals surface area contributed by atoms with Crippen LogP contribution in [-0.2, 0) is 11.2 Å². The highest BCUT2D eigenvalue weighted by molar-refractivity contribution is 5.94. The molecule has 2 aliphatic rings. The van der Waals surface area contributed by atoms with Crippen LogP contribution < -0.4 is 9.64 Å². The summed E-state index contributed by atoms with van der Waals surface area (Å²) in [7, 11) is 0. The van der Waals surface area contributed by atoms with E-state index < -0.39 is 0 Å². The lowest BCUT2D eigenvalue weighted by Gasteiger charge is -2.39. The lowest BCUT2D eigenvalue weighted by atomic mass is 10.0. The Hall–Kier alpha value is -2.84. The third-order valence-corrected chi connectivity index (χ3v) is 5.49. The van der Waals surface area contributed by atoms with E-state index in [-0.39, 0.29) is 12.0 Å². The third kappa shape index (κ3) is 4.18. The van der Waals surface area contributed by atoms with E-state index in [1.165, 1.54) is 5.56 Å². The first kappa shape index (κ1) is 18.5. The van der Waals surface area contributed by atoms with Crippen LogP contribution in [0.4, 0.5) is 5.69 Å². The number of rotatable bonds is 6. The molecule has 2 aromatic rings. The molecule has 5 heteroatoms. The van der Waals surface area contributed by atoms with Crippen LogP contribution in [0.1, 0.15) is 30.4 Å². The summed E-state index contributed by atoms with van der Waals surface area (Å²) >= 11 is 0. The molecule has 144 valence electrons. The summed E-state index contributed by atoms with van der Waals surface area (Å²) in [5, 5.41) is 8.98. The Morgan fingerprint density at radius 3 is 2.79 bits per heavy atom. The van der Waals surface area contributed by atoms with Gasteiger partial charge in [0.25, 0.3) is 0 Å². The SMILES string of the molecule is N#Cc1cccc(OC2CN(CCc3ccccc3N3CCCCC3=O)C2)c1. The van der Waals surface area contributed by atoms with Crippen molar-refractivity contribution in [2.75, 3.05) is 31.1 Å². The number of hydrogen-bond donors (Lipinski definition) is 0. The minimum Gasteiger partial charge on any atom is -0.488 e. The fourth-order valence-corrected chi connectivity index (χ4v) is 3.94. The van der Waals surface area contributed by atoms with Gasteiger partial charge in [-0.05, 0) is 49.1 Å². The number of nitriles is 1. The first-order chi connectivity index (χ1) is 13.7. The summed E-state index contributed by atoms with van der Waals surface area (Å²) in [6.07, 6.45) is 3.85. The van der Waals surface area contributed by atoms with Gasteiger partial charge in [-0.2, -0.15) is 5.26 Å². The van der Waals surface area contributed by atoms with Gasteiger partial charge in [-0.15, -0.1) is 0 Å². The zero-order chi connectivity index (χ0) is 19.3. The number of para-hydroxylation sites is 1. The van der Waals surface area contributed by atoms with E-state index in [0.717, 1.165) is 56.9 Å². The minimum absolute atomic E-state index is 0.174. The fraction of sp³-hybridized carbons (Fsp3) is 0.391. The van der Waals surface area contributed by atoms with Crippen molar-refractivity contribution in [3.8, 4) is 11.8 Å². The second-order valence-electron chi connectivity index (χ2n) is 7.52. The Morgan fingerprint density at radius 1 is 1.11 bits per heavy atom. The molecule has 2 aliphatic heterocycles. The normalized spacial score (nSPS) is 17.8. The Morgan fingerprint density at radius 2 is 1.96 bits per heavy atom. The molecule has 0 saturated carbocycles. The molecular formula is C23H25N3O2. The van der Waals surface area contributed by atoms with Crippen LogP contribution in [0.3, 0.4) is 0 Å². The molecule has 0 spiro atoms. The molecule has 2 aromatic carbocycles. The van der Waals surface area contributed by atoms with Crippen molar-refractivity contribution in [2.45, 2.75) is 31.8 Å². The van der Waals surface area contributed by atoms with E-state index in [2.05, 4.69) is 29.2 Å². The van der Waals surface area contributed by atoms with E-state index in [1.54, 1.807) is 12.1 Å². The minimum atomic E-state index is 0.174. The van der Waals surface area contributed by atoms with Gasteiger partial charge in [-0.3, -0.25) is 9.69 Å². The monoisotopic (exact) mass is 375 g/mol. The van der Waals surface area contributed by atoms with E-state index in [4.69, 9.17) is 10.00 Å². The fourth-order valence-electron chi connectivity index (χ4n) is 3.94. The van der Waals surface area contributed by atoms with Gasteiger partial charge in [0.15, 0.2) is 0 Å². The summed E-state index contributed by atoms with van der Waals surface area (Å²) in [6, 6.07) is 17.7. The van der Waals surface area contributed by atoms with E-state index in [1.807, 2.05) is 23.1 Å². The smallest absolute Gasteiger partial charge is 0.226 e. The Labute approximate surface area is 166 Å². The van der Waals surface area contributed by atoms with E-state index in [0.29, 0.717) is 12.0 Å². The first-order valence-electron chi connectivity index (χ1n) is 10.0. The van der Waals surface area contributed by atoms with Crippen molar-refractivity contribution >= 4 is 11.6 Å². The number of ether oxygens (including phenoxy) is 1. The number of anilines is 1. The summed E-state index contributed by atoms with van der Waals surface area (Å²) in [4.78, 5) is 16.6. The van der Waals surface area contributed by atoms with Crippen molar-refractivity contribution in [3.05, 3.63) is 59.7 Å². The number of carbonyl (C=O) groups is 1. The third-order valence-electron chi connectivity index (χ3n) is 5.49. The van der Waals surface area contributed by atoms with E-state index >= 15 is 0 Å². The molecule has 0 N–H and O–H groups in total. The van der Waals surface area contributed by atoms with Crippen LogP contribution in [0.15, 0.2) is 48.5 Å². The molecule has 2 saturated heterocycles. The van der Waals surface area contributed by atoms with Gasteiger partial charge >= 0.3 is 0 Å². The first-order valence-corrected chi connectivity index (χ1v) is 10.0. The Balaban J connectivity index is 1.29. The largest absolute Gasteiger partial charge is 0.488 e.